The summed E-state index contributed by atoms with van der Waals surface area (Å²) in [7, 11) is 0. The van der Waals surface area contributed by atoms with E-state index in [-0.39, 0.29) is 17.9 Å². The lowest BCUT2D eigenvalue weighted by atomic mass is 9.80. The van der Waals surface area contributed by atoms with Gasteiger partial charge in [-0.15, -0.1) is 0 Å². The number of benzene rings is 1. The summed E-state index contributed by atoms with van der Waals surface area (Å²) < 4.78 is 1.44. The van der Waals surface area contributed by atoms with Crippen LogP contribution in [-0.4, -0.2) is 39.6 Å². The van der Waals surface area contributed by atoms with Crippen LogP contribution >= 0.6 is 0 Å². The van der Waals surface area contributed by atoms with Gasteiger partial charge in [0.25, 0.3) is 0 Å². The minimum Gasteiger partial charge on any atom is -0.368 e. The summed E-state index contributed by atoms with van der Waals surface area (Å²) in [5.74, 6) is -0.00108. The van der Waals surface area contributed by atoms with E-state index in [0.29, 0.717) is 11.6 Å². The number of nitrogens with zero attached hydrogens (tertiary/aromatic N) is 3. The van der Waals surface area contributed by atoms with E-state index in [4.69, 9.17) is 5.73 Å². The van der Waals surface area contributed by atoms with E-state index in [1.165, 1.54) is 10.2 Å². The lowest BCUT2D eigenvalue weighted by molar-refractivity contribution is -0.126. The minimum absolute atomic E-state index is 0.00842. The number of fused-ring (bicyclic) bond motifs is 1. The summed E-state index contributed by atoms with van der Waals surface area (Å²) in [6.07, 6.45) is 6.33. The minimum atomic E-state index is -0.460. The third-order valence-corrected chi connectivity index (χ3v) is 5.85. The van der Waals surface area contributed by atoms with Crippen molar-refractivity contribution in [1.82, 2.24) is 14.7 Å². The molecule has 2 fully saturated rings. The normalized spacial score (nSPS) is 24.7. The van der Waals surface area contributed by atoms with Gasteiger partial charge in [-0.25, -0.2) is 0 Å². The number of anilines is 1. The molecule has 2 atom stereocenters. The summed E-state index contributed by atoms with van der Waals surface area (Å²) in [5, 5.41) is 7.10. The first kappa shape index (κ1) is 17.7. The summed E-state index contributed by atoms with van der Waals surface area (Å²) in [6.45, 7) is 2.63. The van der Waals surface area contributed by atoms with Crippen molar-refractivity contribution in [2.75, 3.05) is 18.4 Å². The SMILES string of the molecule is NC(=O)Cn1cc(NC(=O)[C@@]23CCC[C@@H]2CN(Cc2ccccc2)C3)cn1. The Morgan fingerprint density at radius 3 is 2.89 bits per heavy atom. The fraction of sp³-hybridized carbons (Fsp3) is 0.450. The first-order valence-corrected chi connectivity index (χ1v) is 9.44. The van der Waals surface area contributed by atoms with Crippen LogP contribution in [0.5, 0.6) is 0 Å². The highest BCUT2D eigenvalue weighted by Crippen LogP contribution is 2.49. The van der Waals surface area contributed by atoms with E-state index in [1.54, 1.807) is 12.4 Å². The number of hydrogen-bond acceptors (Lipinski definition) is 4. The molecule has 0 spiro atoms. The number of nitrogens with two attached hydrogens (primary N) is 1. The van der Waals surface area contributed by atoms with Crippen LogP contribution in [0.15, 0.2) is 42.7 Å². The average molecular weight is 367 g/mol. The van der Waals surface area contributed by atoms with Crippen LogP contribution in [0.25, 0.3) is 0 Å². The maximum absolute atomic E-state index is 13.2. The molecule has 3 N–H and O–H groups in total. The molecule has 2 amide bonds. The predicted octanol–water partition coefficient (Wildman–Crippen LogP) is 1.61. The molecule has 1 aromatic heterocycles. The maximum atomic E-state index is 13.2. The van der Waals surface area contributed by atoms with Crippen LogP contribution in [0, 0.1) is 11.3 Å². The predicted molar refractivity (Wildman–Crippen MR) is 102 cm³/mol. The Kier molecular flexibility index (Phi) is 4.70. The second-order valence-electron chi connectivity index (χ2n) is 7.75. The number of primary amides is 1. The van der Waals surface area contributed by atoms with Gasteiger partial charge in [-0.05, 0) is 24.3 Å². The van der Waals surface area contributed by atoms with Crippen molar-refractivity contribution in [3.63, 3.8) is 0 Å². The molecule has 0 unspecified atom stereocenters. The Morgan fingerprint density at radius 1 is 1.30 bits per heavy atom. The number of nitrogens with one attached hydrogen (secondary N) is 1. The fourth-order valence-corrected chi connectivity index (χ4v) is 4.66. The lowest BCUT2D eigenvalue weighted by Gasteiger charge is -2.27. The standard InChI is InChI=1S/C20H25N5O2/c21-18(26)13-25-12-17(9-22-25)23-19(27)20-8-4-7-16(20)11-24(14-20)10-15-5-2-1-3-6-15/h1-3,5-6,9,12,16H,4,7-8,10-11,13-14H2,(H2,21,26)(H,23,27)/t16-,20-/m1/s1. The molecule has 1 aliphatic carbocycles. The molecule has 2 heterocycles. The third kappa shape index (κ3) is 3.60. The molecule has 0 radical (unpaired) electrons. The molecule has 7 nitrogen and oxygen atoms in total. The number of carbonyl (C=O) groups excluding carboxylic acids is 2. The highest BCUT2D eigenvalue weighted by Gasteiger charge is 2.54. The lowest BCUT2D eigenvalue weighted by Crippen LogP contribution is -2.40. The molecule has 1 aromatic carbocycles. The molecule has 0 bridgehead atoms. The first-order chi connectivity index (χ1) is 13.0. The monoisotopic (exact) mass is 367 g/mol. The second kappa shape index (κ2) is 7.15. The smallest absolute Gasteiger partial charge is 0.239 e. The van der Waals surface area contributed by atoms with Crippen LogP contribution in [0.4, 0.5) is 5.69 Å². The second-order valence-corrected chi connectivity index (χ2v) is 7.75. The number of carbonyl (C=O) groups is 2. The molecular weight excluding hydrogens is 342 g/mol. The number of amides is 2. The molecular formula is C20H25N5O2. The van der Waals surface area contributed by atoms with Crippen molar-refractivity contribution in [3.8, 4) is 0 Å². The van der Waals surface area contributed by atoms with E-state index in [1.807, 2.05) is 6.07 Å². The van der Waals surface area contributed by atoms with Gasteiger partial charge < -0.3 is 11.1 Å². The number of likely N-dealkylation sites (tertiary alicyclic amines) is 1. The molecule has 7 heteroatoms. The zero-order valence-electron chi connectivity index (χ0n) is 15.3. The Bertz CT molecular complexity index is 834. The van der Waals surface area contributed by atoms with Crippen molar-refractivity contribution in [1.29, 1.82) is 0 Å². The molecule has 1 aliphatic heterocycles. The van der Waals surface area contributed by atoms with Gasteiger partial charge in [-0.3, -0.25) is 19.2 Å². The Hall–Kier alpha value is -2.67. The zero-order valence-corrected chi connectivity index (χ0v) is 15.3. The van der Waals surface area contributed by atoms with Crippen LogP contribution < -0.4 is 11.1 Å². The molecule has 2 aliphatic rings. The highest BCUT2D eigenvalue weighted by molar-refractivity contribution is 5.96. The van der Waals surface area contributed by atoms with E-state index in [9.17, 15) is 9.59 Å². The van der Waals surface area contributed by atoms with E-state index in [2.05, 4.69) is 39.6 Å². The first-order valence-electron chi connectivity index (χ1n) is 9.44. The topological polar surface area (TPSA) is 93.2 Å². The van der Waals surface area contributed by atoms with Gasteiger partial charge in [0.15, 0.2) is 0 Å². The fourth-order valence-electron chi connectivity index (χ4n) is 4.66. The number of hydrogen-bond donors (Lipinski definition) is 2. The third-order valence-electron chi connectivity index (χ3n) is 5.85. The van der Waals surface area contributed by atoms with Gasteiger partial charge in [0.05, 0.1) is 17.3 Å². The molecule has 2 aromatic rings. The summed E-state index contributed by atoms with van der Waals surface area (Å²) in [5.41, 5.74) is 6.75. The Morgan fingerprint density at radius 2 is 2.11 bits per heavy atom. The van der Waals surface area contributed by atoms with Gasteiger partial charge >= 0.3 is 0 Å². The van der Waals surface area contributed by atoms with Crippen molar-refractivity contribution in [2.45, 2.75) is 32.4 Å². The summed E-state index contributed by atoms with van der Waals surface area (Å²) in [6, 6.07) is 10.4. The number of rotatable bonds is 6. The van der Waals surface area contributed by atoms with Crippen LogP contribution in [-0.2, 0) is 22.7 Å². The van der Waals surface area contributed by atoms with Crippen LogP contribution in [0.3, 0.4) is 0 Å². The Balaban J connectivity index is 1.45. The molecule has 27 heavy (non-hydrogen) atoms. The van der Waals surface area contributed by atoms with Crippen molar-refractivity contribution >= 4 is 17.5 Å². The van der Waals surface area contributed by atoms with Crippen molar-refractivity contribution < 1.29 is 9.59 Å². The maximum Gasteiger partial charge on any atom is 0.239 e. The van der Waals surface area contributed by atoms with Gasteiger partial charge in [0.1, 0.15) is 6.54 Å². The Labute approximate surface area is 158 Å². The van der Waals surface area contributed by atoms with E-state index >= 15 is 0 Å². The highest BCUT2D eigenvalue weighted by atomic mass is 16.2. The van der Waals surface area contributed by atoms with Crippen LogP contribution in [0.2, 0.25) is 0 Å². The van der Waals surface area contributed by atoms with Gasteiger partial charge in [-0.2, -0.15) is 5.10 Å². The van der Waals surface area contributed by atoms with E-state index in [0.717, 1.165) is 38.9 Å². The average Bonchev–Trinajstić information content (AvgIpc) is 3.30. The van der Waals surface area contributed by atoms with Crippen molar-refractivity contribution in [2.24, 2.45) is 17.1 Å². The van der Waals surface area contributed by atoms with Gasteiger partial charge in [0, 0.05) is 25.8 Å². The number of aromatic nitrogens is 2. The zero-order chi connectivity index (χ0) is 18.9. The molecule has 1 saturated carbocycles. The van der Waals surface area contributed by atoms with Gasteiger partial charge in [-0.1, -0.05) is 36.8 Å². The largest absolute Gasteiger partial charge is 0.368 e. The molecule has 1 saturated heterocycles. The van der Waals surface area contributed by atoms with E-state index < -0.39 is 5.91 Å². The molecule has 142 valence electrons. The summed E-state index contributed by atoms with van der Waals surface area (Å²) in [4.78, 5) is 26.6. The van der Waals surface area contributed by atoms with Crippen molar-refractivity contribution in [3.05, 3.63) is 48.3 Å². The quantitative estimate of drug-likeness (QED) is 0.811. The molecule has 4 rings (SSSR count). The van der Waals surface area contributed by atoms with Crippen LogP contribution in [0.1, 0.15) is 24.8 Å². The van der Waals surface area contributed by atoms with Gasteiger partial charge in [0.2, 0.25) is 11.8 Å². The summed E-state index contributed by atoms with van der Waals surface area (Å²) >= 11 is 0.